The van der Waals surface area contributed by atoms with E-state index in [9.17, 15) is 0 Å². The largest absolute Gasteiger partial charge is 0.0616 e. The topological polar surface area (TPSA) is 0 Å². The van der Waals surface area contributed by atoms with Gasteiger partial charge < -0.3 is 0 Å². The zero-order valence-corrected chi connectivity index (χ0v) is 21.9. The third kappa shape index (κ3) is 3.02. The normalized spacial score (nSPS) is 12.0. The number of rotatable bonds is 2. The van der Waals surface area contributed by atoms with Gasteiger partial charge in [0.25, 0.3) is 0 Å². The molecule has 0 saturated carbocycles. The molecule has 184 valence electrons. The first-order chi connectivity index (χ1) is 19.8. The number of hydrogen-bond donors (Lipinski definition) is 0. The van der Waals surface area contributed by atoms with E-state index in [2.05, 4.69) is 146 Å². The smallest absolute Gasteiger partial charge is 0.00206 e. The van der Waals surface area contributed by atoms with Crippen LogP contribution in [0.3, 0.4) is 0 Å². The van der Waals surface area contributed by atoms with Crippen LogP contribution in [0.1, 0.15) is 0 Å². The van der Waals surface area contributed by atoms with E-state index in [-0.39, 0.29) is 0 Å². The van der Waals surface area contributed by atoms with E-state index >= 15 is 0 Å². The Labute approximate surface area is 232 Å². The van der Waals surface area contributed by atoms with Gasteiger partial charge in [0.2, 0.25) is 0 Å². The van der Waals surface area contributed by atoms with Crippen molar-refractivity contribution in [2.75, 3.05) is 0 Å². The van der Waals surface area contributed by atoms with Crippen molar-refractivity contribution in [1.82, 2.24) is 0 Å². The minimum Gasteiger partial charge on any atom is -0.0616 e. The van der Waals surface area contributed by atoms with E-state index in [0.29, 0.717) is 0 Å². The van der Waals surface area contributed by atoms with E-state index in [4.69, 9.17) is 0 Å². The SMILES string of the molecule is c1ccc2cc(-c3ccc4ccc5cccc6ccc3c4c56)c(-c3cc4ccccc4c4ccccc34)cc2c1. The molecule has 0 heteroatoms. The molecule has 9 rings (SSSR count). The van der Waals surface area contributed by atoms with Crippen LogP contribution in [-0.2, 0) is 0 Å². The van der Waals surface area contributed by atoms with Gasteiger partial charge in [-0.25, -0.2) is 0 Å². The standard InChI is InChI=1S/C40H24/c1-2-9-29-23-38(37-24-30-10-3-4-13-31(30)32-14-5-6-15-33(32)37)36(22-28(29)8-1)34-20-18-27-17-16-25-11-7-12-26-19-21-35(34)40(27)39(25)26/h1-24H. The summed E-state index contributed by atoms with van der Waals surface area (Å²) in [4.78, 5) is 0. The fourth-order valence-electron chi connectivity index (χ4n) is 6.93. The third-order valence-corrected chi connectivity index (χ3v) is 8.76. The number of benzene rings is 9. The average molecular weight is 505 g/mol. The van der Waals surface area contributed by atoms with Gasteiger partial charge in [-0.2, -0.15) is 0 Å². The Kier molecular flexibility index (Phi) is 4.42. The Morgan fingerprint density at radius 3 is 1.48 bits per heavy atom. The zero-order chi connectivity index (χ0) is 26.2. The average Bonchev–Trinajstić information content (AvgIpc) is 3.02. The minimum absolute atomic E-state index is 1.26. The molecule has 0 saturated heterocycles. The highest BCUT2D eigenvalue weighted by atomic mass is 14.2. The first-order valence-corrected chi connectivity index (χ1v) is 13.9. The number of fused-ring (bicyclic) bond motifs is 4. The van der Waals surface area contributed by atoms with Gasteiger partial charge in [0.15, 0.2) is 0 Å². The highest BCUT2D eigenvalue weighted by Crippen LogP contribution is 2.45. The molecule has 0 amide bonds. The highest BCUT2D eigenvalue weighted by molar-refractivity contribution is 6.26. The van der Waals surface area contributed by atoms with Crippen LogP contribution >= 0.6 is 0 Å². The van der Waals surface area contributed by atoms with E-state index in [1.807, 2.05) is 0 Å². The molecule has 9 aromatic carbocycles. The van der Waals surface area contributed by atoms with E-state index < -0.39 is 0 Å². The first-order valence-electron chi connectivity index (χ1n) is 13.9. The molecular formula is C40H24. The van der Waals surface area contributed by atoms with Crippen molar-refractivity contribution in [3.05, 3.63) is 146 Å². The summed E-state index contributed by atoms with van der Waals surface area (Å²) in [5.74, 6) is 0. The summed E-state index contributed by atoms with van der Waals surface area (Å²) < 4.78 is 0. The second-order valence-corrected chi connectivity index (χ2v) is 10.9. The minimum atomic E-state index is 1.26. The predicted octanol–water partition coefficient (Wildman–Crippen LogP) is 11.4. The molecule has 0 heterocycles. The fraction of sp³-hybridized carbons (Fsp3) is 0. The van der Waals surface area contributed by atoms with E-state index in [1.54, 1.807) is 0 Å². The predicted molar refractivity (Wildman–Crippen MR) is 174 cm³/mol. The Morgan fingerprint density at radius 1 is 0.225 bits per heavy atom. The molecule has 0 aromatic heterocycles. The Balaban J connectivity index is 1.45. The molecule has 40 heavy (non-hydrogen) atoms. The van der Waals surface area contributed by atoms with Gasteiger partial charge in [-0.05, 0) is 105 Å². The number of hydrogen-bond acceptors (Lipinski definition) is 0. The highest BCUT2D eigenvalue weighted by Gasteiger charge is 2.18. The second kappa shape index (κ2) is 8.15. The lowest BCUT2D eigenvalue weighted by atomic mass is 9.84. The van der Waals surface area contributed by atoms with Crippen molar-refractivity contribution in [2.24, 2.45) is 0 Å². The van der Waals surface area contributed by atoms with Crippen molar-refractivity contribution < 1.29 is 0 Å². The summed E-state index contributed by atoms with van der Waals surface area (Å²) >= 11 is 0. The van der Waals surface area contributed by atoms with Gasteiger partial charge in [0.1, 0.15) is 0 Å². The molecule has 9 aromatic rings. The summed E-state index contributed by atoms with van der Waals surface area (Å²) in [6.07, 6.45) is 0. The molecule has 0 atom stereocenters. The Hall–Kier alpha value is -5.20. The molecule has 0 N–H and O–H groups in total. The van der Waals surface area contributed by atoms with Crippen LogP contribution in [0, 0.1) is 0 Å². The van der Waals surface area contributed by atoms with Gasteiger partial charge in [-0.1, -0.05) is 127 Å². The summed E-state index contributed by atoms with van der Waals surface area (Å²) in [6.45, 7) is 0. The van der Waals surface area contributed by atoms with Crippen LogP contribution < -0.4 is 0 Å². The quantitative estimate of drug-likeness (QED) is 0.205. The first kappa shape index (κ1) is 21.7. The molecule has 0 aliphatic carbocycles. The Morgan fingerprint density at radius 2 is 0.725 bits per heavy atom. The van der Waals surface area contributed by atoms with Gasteiger partial charge in [-0.15, -0.1) is 0 Å². The summed E-state index contributed by atoms with van der Waals surface area (Å²) in [5, 5.41) is 15.6. The monoisotopic (exact) mass is 504 g/mol. The van der Waals surface area contributed by atoms with Crippen LogP contribution in [0.5, 0.6) is 0 Å². The zero-order valence-electron chi connectivity index (χ0n) is 21.9. The molecule has 0 nitrogen and oxygen atoms in total. The Bertz CT molecular complexity index is 2410. The van der Waals surface area contributed by atoms with Crippen molar-refractivity contribution >= 4 is 64.6 Å². The van der Waals surface area contributed by atoms with Crippen molar-refractivity contribution in [3.63, 3.8) is 0 Å². The summed E-state index contributed by atoms with van der Waals surface area (Å²) in [5.41, 5.74) is 5.11. The summed E-state index contributed by atoms with van der Waals surface area (Å²) in [7, 11) is 0. The van der Waals surface area contributed by atoms with Gasteiger partial charge in [0.05, 0.1) is 0 Å². The van der Waals surface area contributed by atoms with Gasteiger partial charge in [0, 0.05) is 0 Å². The maximum absolute atomic E-state index is 2.40. The van der Waals surface area contributed by atoms with Gasteiger partial charge in [-0.3, -0.25) is 0 Å². The van der Waals surface area contributed by atoms with Crippen molar-refractivity contribution in [2.45, 2.75) is 0 Å². The maximum Gasteiger partial charge on any atom is -0.00206 e. The molecule has 0 aliphatic heterocycles. The van der Waals surface area contributed by atoms with E-state index in [1.165, 1.54) is 86.9 Å². The molecule has 0 bridgehead atoms. The van der Waals surface area contributed by atoms with Crippen molar-refractivity contribution in [3.8, 4) is 22.3 Å². The van der Waals surface area contributed by atoms with Crippen LogP contribution in [0.2, 0.25) is 0 Å². The van der Waals surface area contributed by atoms with Crippen LogP contribution in [0.25, 0.3) is 86.9 Å². The van der Waals surface area contributed by atoms with Gasteiger partial charge >= 0.3 is 0 Å². The van der Waals surface area contributed by atoms with Crippen molar-refractivity contribution in [1.29, 1.82) is 0 Å². The molecule has 0 aliphatic rings. The molecule has 0 unspecified atom stereocenters. The van der Waals surface area contributed by atoms with Crippen LogP contribution in [0.4, 0.5) is 0 Å². The molecular weight excluding hydrogens is 480 g/mol. The molecule has 0 spiro atoms. The fourth-order valence-corrected chi connectivity index (χ4v) is 6.93. The third-order valence-electron chi connectivity index (χ3n) is 8.76. The molecule has 0 fully saturated rings. The molecule has 0 radical (unpaired) electrons. The summed E-state index contributed by atoms with van der Waals surface area (Å²) in [6, 6.07) is 54.0. The van der Waals surface area contributed by atoms with E-state index in [0.717, 1.165) is 0 Å². The lowest BCUT2D eigenvalue weighted by molar-refractivity contribution is 1.66. The second-order valence-electron chi connectivity index (χ2n) is 10.9. The maximum atomic E-state index is 2.40. The van der Waals surface area contributed by atoms with Crippen LogP contribution in [0.15, 0.2) is 146 Å². The van der Waals surface area contributed by atoms with Crippen LogP contribution in [-0.4, -0.2) is 0 Å². The lowest BCUT2D eigenvalue weighted by Crippen LogP contribution is -1.92. The lowest BCUT2D eigenvalue weighted by Gasteiger charge is -2.19.